The Kier molecular flexibility index (Phi) is 3.36. The summed E-state index contributed by atoms with van der Waals surface area (Å²) in [7, 11) is 1.43. The molecule has 0 amide bonds. The van der Waals surface area contributed by atoms with Crippen LogP contribution in [-0.4, -0.2) is 26.2 Å². The van der Waals surface area contributed by atoms with Gasteiger partial charge in [-0.2, -0.15) is 0 Å². The van der Waals surface area contributed by atoms with E-state index in [1.54, 1.807) is 0 Å². The lowest BCUT2D eigenvalue weighted by Gasteiger charge is -2.39. The summed E-state index contributed by atoms with van der Waals surface area (Å²) in [6.45, 7) is 1.48. The number of nitrogens with two attached hydrogens (primary N) is 1. The Bertz CT molecular complexity index is 374. The molecule has 1 aromatic carbocycles. The van der Waals surface area contributed by atoms with E-state index >= 15 is 0 Å². The molecule has 1 aliphatic rings. The van der Waals surface area contributed by atoms with Crippen molar-refractivity contribution >= 4 is 23.6 Å². The average molecular weight is 238 g/mol. The maximum atomic E-state index is 11.2. The van der Waals surface area contributed by atoms with E-state index in [1.807, 2.05) is 24.3 Å². The fourth-order valence-corrected chi connectivity index (χ4v) is 2.03. The lowest BCUT2D eigenvalue weighted by atomic mass is 9.99. The number of methoxy groups -OCH3 is 1. The summed E-state index contributed by atoms with van der Waals surface area (Å²) < 4.78 is 4.69. The first-order chi connectivity index (χ1) is 7.74. The Hall–Kier alpha value is -1.20. The van der Waals surface area contributed by atoms with Gasteiger partial charge in [0.25, 0.3) is 0 Å². The molecule has 0 atom stereocenters. The number of ether oxygens (including phenoxy) is 1. The van der Waals surface area contributed by atoms with Crippen LogP contribution in [0.3, 0.4) is 0 Å². The van der Waals surface area contributed by atoms with Crippen molar-refractivity contribution in [1.29, 1.82) is 0 Å². The molecule has 1 saturated heterocycles. The quantitative estimate of drug-likeness (QED) is 0.634. The van der Waals surface area contributed by atoms with E-state index in [2.05, 4.69) is 9.64 Å². The maximum absolute atomic E-state index is 11.2. The number of hydrogen-bond donors (Lipinski definition) is 1. The Morgan fingerprint density at radius 2 is 2.06 bits per heavy atom. The summed E-state index contributed by atoms with van der Waals surface area (Å²) in [6.07, 6.45) is 0. The van der Waals surface area contributed by atoms with Crippen molar-refractivity contribution in [3.8, 4) is 0 Å². The average Bonchev–Trinajstić information content (AvgIpc) is 2.27. The summed E-state index contributed by atoms with van der Waals surface area (Å²) in [6, 6.07) is 7.99. The fraction of sp³-hybridized carbons (Fsp3) is 0.364. The Labute approximate surface area is 98.9 Å². The summed E-state index contributed by atoms with van der Waals surface area (Å²) in [4.78, 5) is 14.4. The van der Waals surface area contributed by atoms with Crippen LogP contribution < -0.4 is 10.0 Å². The van der Waals surface area contributed by atoms with Crippen molar-refractivity contribution < 1.29 is 9.53 Å². The topological polar surface area (TPSA) is 55.6 Å². The molecule has 86 valence electrons. The van der Waals surface area contributed by atoms with Crippen LogP contribution in [0.2, 0.25) is 0 Å². The van der Waals surface area contributed by atoms with E-state index in [-0.39, 0.29) is 11.9 Å². The third-order valence-corrected chi connectivity index (χ3v) is 3.30. The predicted octanol–water partition coefficient (Wildman–Crippen LogP) is 1.26. The van der Waals surface area contributed by atoms with Crippen molar-refractivity contribution in [3.05, 3.63) is 24.3 Å². The molecule has 0 bridgehead atoms. The molecule has 0 aromatic heterocycles. The van der Waals surface area contributed by atoms with Crippen LogP contribution in [0, 0.1) is 5.92 Å². The number of esters is 1. The molecular weight excluding hydrogens is 224 g/mol. The van der Waals surface area contributed by atoms with Crippen LogP contribution in [0.15, 0.2) is 29.2 Å². The minimum Gasteiger partial charge on any atom is -0.469 e. The first kappa shape index (κ1) is 11.3. The molecule has 4 nitrogen and oxygen atoms in total. The van der Waals surface area contributed by atoms with Gasteiger partial charge in [0.05, 0.1) is 13.0 Å². The van der Waals surface area contributed by atoms with Gasteiger partial charge in [0.2, 0.25) is 0 Å². The van der Waals surface area contributed by atoms with Crippen LogP contribution in [0.1, 0.15) is 0 Å². The first-order valence-electron chi connectivity index (χ1n) is 5.04. The SMILES string of the molecule is COC(=O)C1CN(c2ccc(SN)cc2)C1. The third-order valence-electron chi connectivity index (χ3n) is 2.75. The van der Waals surface area contributed by atoms with Gasteiger partial charge in [0, 0.05) is 23.7 Å². The number of rotatable bonds is 3. The molecule has 1 fully saturated rings. The summed E-state index contributed by atoms with van der Waals surface area (Å²) in [5, 5.41) is 5.44. The molecule has 1 aromatic rings. The van der Waals surface area contributed by atoms with Crippen molar-refractivity contribution in [2.75, 3.05) is 25.1 Å². The number of hydrogen-bond acceptors (Lipinski definition) is 5. The van der Waals surface area contributed by atoms with Crippen LogP contribution in [0.4, 0.5) is 5.69 Å². The van der Waals surface area contributed by atoms with E-state index < -0.39 is 0 Å². The first-order valence-corrected chi connectivity index (χ1v) is 5.92. The second-order valence-corrected chi connectivity index (χ2v) is 4.44. The van der Waals surface area contributed by atoms with Crippen molar-refractivity contribution in [1.82, 2.24) is 0 Å². The van der Waals surface area contributed by atoms with Gasteiger partial charge in [-0.1, -0.05) is 0 Å². The second-order valence-electron chi connectivity index (χ2n) is 3.74. The molecule has 5 heteroatoms. The molecule has 0 saturated carbocycles. The van der Waals surface area contributed by atoms with E-state index in [1.165, 1.54) is 19.1 Å². The number of carbonyl (C=O) groups is 1. The molecule has 2 N–H and O–H groups in total. The molecule has 1 heterocycles. The molecule has 0 aliphatic carbocycles. The number of anilines is 1. The van der Waals surface area contributed by atoms with Crippen LogP contribution in [-0.2, 0) is 9.53 Å². The highest BCUT2D eigenvalue weighted by Gasteiger charge is 2.33. The third kappa shape index (κ3) is 2.15. The minimum absolute atomic E-state index is 0.0218. The van der Waals surface area contributed by atoms with E-state index in [9.17, 15) is 4.79 Å². The largest absolute Gasteiger partial charge is 0.469 e. The Balaban J connectivity index is 1.93. The lowest BCUT2D eigenvalue weighted by Crippen LogP contribution is -2.50. The fourth-order valence-electron chi connectivity index (χ4n) is 1.74. The Morgan fingerprint density at radius 3 is 2.56 bits per heavy atom. The standard InChI is InChI=1S/C11H14N2O2S/c1-15-11(14)8-6-13(7-8)9-2-4-10(16-12)5-3-9/h2-5,8H,6-7,12H2,1H3. The van der Waals surface area contributed by atoms with Gasteiger partial charge in [-0.25, -0.2) is 0 Å². The zero-order valence-corrected chi connectivity index (χ0v) is 9.87. The highest BCUT2D eigenvalue weighted by molar-refractivity contribution is 7.97. The lowest BCUT2D eigenvalue weighted by molar-refractivity contribution is -0.146. The van der Waals surface area contributed by atoms with Gasteiger partial charge in [0.1, 0.15) is 0 Å². The Morgan fingerprint density at radius 1 is 1.44 bits per heavy atom. The van der Waals surface area contributed by atoms with E-state index in [4.69, 9.17) is 5.14 Å². The maximum Gasteiger partial charge on any atom is 0.312 e. The molecule has 1 aliphatic heterocycles. The smallest absolute Gasteiger partial charge is 0.312 e. The molecule has 16 heavy (non-hydrogen) atoms. The van der Waals surface area contributed by atoms with E-state index in [0.29, 0.717) is 0 Å². The van der Waals surface area contributed by atoms with Crippen molar-refractivity contribution in [3.63, 3.8) is 0 Å². The minimum atomic E-state index is -0.120. The number of benzene rings is 1. The molecule has 0 unspecified atom stereocenters. The van der Waals surface area contributed by atoms with Gasteiger partial charge in [-0.05, 0) is 36.2 Å². The van der Waals surface area contributed by atoms with Gasteiger partial charge < -0.3 is 9.64 Å². The highest BCUT2D eigenvalue weighted by Crippen LogP contribution is 2.26. The monoisotopic (exact) mass is 238 g/mol. The number of nitrogens with zero attached hydrogens (tertiary/aromatic N) is 1. The van der Waals surface area contributed by atoms with Crippen molar-refractivity contribution in [2.45, 2.75) is 4.90 Å². The van der Waals surface area contributed by atoms with Crippen molar-refractivity contribution in [2.24, 2.45) is 11.1 Å². The van der Waals surface area contributed by atoms with E-state index in [0.717, 1.165) is 23.7 Å². The van der Waals surface area contributed by atoms with Crippen LogP contribution >= 0.6 is 11.9 Å². The van der Waals surface area contributed by atoms with Gasteiger partial charge in [-0.15, -0.1) is 0 Å². The molecule has 0 radical (unpaired) electrons. The molecule has 2 rings (SSSR count). The number of carbonyl (C=O) groups excluding carboxylic acids is 1. The zero-order chi connectivity index (χ0) is 11.5. The highest BCUT2D eigenvalue weighted by atomic mass is 32.2. The summed E-state index contributed by atoms with van der Waals surface area (Å²) in [5.74, 6) is -0.0982. The van der Waals surface area contributed by atoms with Gasteiger partial charge >= 0.3 is 5.97 Å². The molecule has 0 spiro atoms. The van der Waals surface area contributed by atoms with Crippen LogP contribution in [0.25, 0.3) is 0 Å². The van der Waals surface area contributed by atoms with Gasteiger partial charge in [0.15, 0.2) is 0 Å². The van der Waals surface area contributed by atoms with Crippen LogP contribution in [0.5, 0.6) is 0 Å². The second kappa shape index (κ2) is 4.76. The van der Waals surface area contributed by atoms with Gasteiger partial charge in [-0.3, -0.25) is 9.93 Å². The zero-order valence-electron chi connectivity index (χ0n) is 9.05. The normalized spacial score (nSPS) is 15.8. The molecular formula is C11H14N2O2S. The predicted molar refractivity (Wildman–Crippen MR) is 64.2 cm³/mol. The summed E-state index contributed by atoms with van der Waals surface area (Å²) in [5.41, 5.74) is 1.12. The summed E-state index contributed by atoms with van der Waals surface area (Å²) >= 11 is 1.23.